The number of aromatic nitrogens is 1. The fourth-order valence-corrected chi connectivity index (χ4v) is 5.09. The van der Waals surface area contributed by atoms with Crippen molar-refractivity contribution >= 4 is 38.6 Å². The van der Waals surface area contributed by atoms with Gasteiger partial charge in [0.05, 0.1) is 5.56 Å². The highest BCUT2D eigenvalue weighted by Gasteiger charge is 2.35. The molecule has 3 aromatic carbocycles. The van der Waals surface area contributed by atoms with Crippen molar-refractivity contribution in [3.05, 3.63) is 106 Å². The number of nitrogens with one attached hydrogen (secondary N) is 1. The maximum absolute atomic E-state index is 13.7. The Labute approximate surface area is 232 Å². The summed E-state index contributed by atoms with van der Waals surface area (Å²) >= 11 is 3.40. The number of carbonyl (C=O) groups is 2. The van der Waals surface area contributed by atoms with Crippen molar-refractivity contribution < 1.29 is 22.8 Å². The van der Waals surface area contributed by atoms with Crippen molar-refractivity contribution in [3.8, 4) is 0 Å². The average Bonchev–Trinajstić information content (AvgIpc) is 3.68. The number of H-pyrrole nitrogens is 1. The molecular formula is C30H27BrF3N3O2. The molecule has 1 saturated carbocycles. The molecule has 0 atom stereocenters. The summed E-state index contributed by atoms with van der Waals surface area (Å²) in [6.07, 6.45) is -0.290. The first kappa shape index (κ1) is 27.0. The topological polar surface area (TPSA) is 56.4 Å². The maximum Gasteiger partial charge on any atom is 0.416 e. The number of rotatable bonds is 9. The van der Waals surface area contributed by atoms with E-state index in [-0.39, 0.29) is 30.9 Å². The second kappa shape index (κ2) is 11.3. The number of alkyl halides is 3. The Balaban J connectivity index is 1.36. The van der Waals surface area contributed by atoms with Crippen LogP contribution in [0.2, 0.25) is 0 Å². The lowest BCUT2D eigenvalue weighted by atomic mass is 10.1. The number of benzene rings is 3. The number of amides is 2. The fourth-order valence-electron chi connectivity index (χ4n) is 4.69. The second-order valence-electron chi connectivity index (χ2n) is 9.79. The van der Waals surface area contributed by atoms with E-state index in [1.807, 2.05) is 36.5 Å². The molecule has 1 N–H and O–H groups in total. The van der Waals surface area contributed by atoms with Crippen LogP contribution in [0.4, 0.5) is 13.2 Å². The SMILES string of the molecule is O=C(CN(C(=O)c1cccc(Br)c1)C1CC1)N(CCc1c[nH]c2ccccc12)Cc1ccc(C(F)(F)F)cc1. The van der Waals surface area contributed by atoms with Gasteiger partial charge < -0.3 is 14.8 Å². The highest BCUT2D eigenvalue weighted by Crippen LogP contribution is 2.30. The van der Waals surface area contributed by atoms with Crippen LogP contribution in [0.1, 0.15) is 39.9 Å². The number of halogens is 4. The van der Waals surface area contributed by atoms with E-state index in [4.69, 9.17) is 0 Å². The second-order valence-corrected chi connectivity index (χ2v) is 10.7. The van der Waals surface area contributed by atoms with Crippen LogP contribution in [0.5, 0.6) is 0 Å². The van der Waals surface area contributed by atoms with E-state index in [0.29, 0.717) is 24.1 Å². The highest BCUT2D eigenvalue weighted by atomic mass is 79.9. The summed E-state index contributed by atoms with van der Waals surface area (Å²) in [5.41, 5.74) is 2.39. The number of para-hydroxylation sites is 1. The molecule has 2 amide bonds. The predicted octanol–water partition coefficient (Wildman–Crippen LogP) is 6.83. The van der Waals surface area contributed by atoms with Crippen LogP contribution in [0, 0.1) is 0 Å². The van der Waals surface area contributed by atoms with Gasteiger partial charge in [-0.3, -0.25) is 9.59 Å². The largest absolute Gasteiger partial charge is 0.416 e. The molecule has 39 heavy (non-hydrogen) atoms. The van der Waals surface area contributed by atoms with E-state index in [1.165, 1.54) is 12.1 Å². The highest BCUT2D eigenvalue weighted by molar-refractivity contribution is 9.10. The van der Waals surface area contributed by atoms with Gasteiger partial charge in [-0.25, -0.2) is 0 Å². The number of aromatic amines is 1. The van der Waals surface area contributed by atoms with Crippen LogP contribution < -0.4 is 0 Å². The summed E-state index contributed by atoms with van der Waals surface area (Å²) in [6.45, 7) is 0.402. The van der Waals surface area contributed by atoms with Gasteiger partial charge in [0, 0.05) is 46.3 Å². The molecule has 202 valence electrons. The number of nitrogens with zero attached hydrogens (tertiary/aromatic N) is 2. The van der Waals surface area contributed by atoms with Gasteiger partial charge in [0.2, 0.25) is 5.91 Å². The van der Waals surface area contributed by atoms with Crippen LogP contribution in [-0.4, -0.2) is 45.7 Å². The third-order valence-electron chi connectivity index (χ3n) is 6.96. The van der Waals surface area contributed by atoms with Gasteiger partial charge in [0.1, 0.15) is 6.54 Å². The summed E-state index contributed by atoms with van der Waals surface area (Å²) in [7, 11) is 0. The Hall–Kier alpha value is -3.59. The van der Waals surface area contributed by atoms with Crippen LogP contribution in [-0.2, 0) is 23.9 Å². The minimum Gasteiger partial charge on any atom is -0.361 e. The minimum absolute atomic E-state index is 0.00182. The summed E-state index contributed by atoms with van der Waals surface area (Å²) in [6, 6.07) is 19.8. The third kappa shape index (κ3) is 6.53. The molecule has 0 spiro atoms. The van der Waals surface area contributed by atoms with Gasteiger partial charge in [-0.05, 0) is 66.8 Å². The number of fused-ring (bicyclic) bond motifs is 1. The van der Waals surface area contributed by atoms with Crippen molar-refractivity contribution in [1.29, 1.82) is 0 Å². The molecule has 0 unspecified atom stereocenters. The quantitative estimate of drug-likeness (QED) is 0.230. The van der Waals surface area contributed by atoms with Crippen LogP contribution in [0.25, 0.3) is 10.9 Å². The molecule has 1 heterocycles. The van der Waals surface area contributed by atoms with Gasteiger partial charge in [-0.2, -0.15) is 13.2 Å². The Morgan fingerprint density at radius 2 is 1.72 bits per heavy atom. The Bertz CT molecular complexity index is 1480. The van der Waals surface area contributed by atoms with E-state index in [9.17, 15) is 22.8 Å². The molecule has 5 rings (SSSR count). The van der Waals surface area contributed by atoms with Gasteiger partial charge in [-0.15, -0.1) is 0 Å². The number of hydrogen-bond donors (Lipinski definition) is 1. The smallest absolute Gasteiger partial charge is 0.361 e. The molecule has 4 aromatic rings. The Kier molecular flexibility index (Phi) is 7.79. The maximum atomic E-state index is 13.7. The zero-order valence-electron chi connectivity index (χ0n) is 21.0. The Morgan fingerprint density at radius 1 is 0.974 bits per heavy atom. The monoisotopic (exact) mass is 597 g/mol. The molecule has 0 saturated heterocycles. The first-order chi connectivity index (χ1) is 18.7. The molecule has 1 aliphatic carbocycles. The lowest BCUT2D eigenvalue weighted by Gasteiger charge is -2.28. The number of carbonyl (C=O) groups excluding carboxylic acids is 2. The first-order valence-corrected chi connectivity index (χ1v) is 13.5. The summed E-state index contributed by atoms with van der Waals surface area (Å²) < 4.78 is 40.0. The summed E-state index contributed by atoms with van der Waals surface area (Å²) in [5, 5.41) is 1.06. The van der Waals surface area contributed by atoms with E-state index in [0.717, 1.165) is 45.9 Å². The molecule has 0 radical (unpaired) electrons. The third-order valence-corrected chi connectivity index (χ3v) is 7.45. The van der Waals surface area contributed by atoms with Crippen LogP contribution in [0.15, 0.2) is 83.5 Å². The minimum atomic E-state index is -4.43. The van der Waals surface area contributed by atoms with E-state index >= 15 is 0 Å². The molecule has 0 bridgehead atoms. The molecule has 0 aliphatic heterocycles. The molecule has 1 aromatic heterocycles. The summed E-state index contributed by atoms with van der Waals surface area (Å²) in [4.78, 5) is 33.5. The van der Waals surface area contributed by atoms with Crippen molar-refractivity contribution in [3.63, 3.8) is 0 Å². The molecule has 1 aliphatic rings. The van der Waals surface area contributed by atoms with Gasteiger partial charge in [-0.1, -0.05) is 52.3 Å². The predicted molar refractivity (Wildman–Crippen MR) is 147 cm³/mol. The van der Waals surface area contributed by atoms with E-state index in [2.05, 4.69) is 20.9 Å². The van der Waals surface area contributed by atoms with E-state index in [1.54, 1.807) is 28.0 Å². The van der Waals surface area contributed by atoms with Crippen molar-refractivity contribution in [2.45, 2.75) is 38.0 Å². The zero-order valence-corrected chi connectivity index (χ0v) is 22.6. The molecular weight excluding hydrogens is 571 g/mol. The zero-order chi connectivity index (χ0) is 27.6. The first-order valence-electron chi connectivity index (χ1n) is 12.7. The van der Waals surface area contributed by atoms with Crippen LogP contribution in [0.3, 0.4) is 0 Å². The fraction of sp³-hybridized carbons (Fsp3) is 0.267. The normalized spacial score (nSPS) is 13.4. The molecule has 5 nitrogen and oxygen atoms in total. The van der Waals surface area contributed by atoms with Crippen molar-refractivity contribution in [2.24, 2.45) is 0 Å². The standard InChI is InChI=1S/C30H27BrF3N3O2/c31-24-5-3-4-21(16-24)29(39)37(25-12-13-25)19-28(38)36(18-20-8-10-23(11-9-20)30(32,33)34)15-14-22-17-35-27-7-2-1-6-26(22)27/h1-11,16-17,25,35H,12-15,18-19H2. The van der Waals surface area contributed by atoms with Crippen molar-refractivity contribution in [2.75, 3.05) is 13.1 Å². The van der Waals surface area contributed by atoms with Gasteiger partial charge in [0.15, 0.2) is 0 Å². The lowest BCUT2D eigenvalue weighted by molar-refractivity contribution is -0.137. The lowest BCUT2D eigenvalue weighted by Crippen LogP contribution is -2.44. The van der Waals surface area contributed by atoms with Crippen LogP contribution >= 0.6 is 15.9 Å². The average molecular weight is 598 g/mol. The molecule has 1 fully saturated rings. The Morgan fingerprint density at radius 3 is 2.41 bits per heavy atom. The van der Waals surface area contributed by atoms with Crippen molar-refractivity contribution in [1.82, 2.24) is 14.8 Å². The van der Waals surface area contributed by atoms with E-state index < -0.39 is 11.7 Å². The molecule has 9 heteroatoms. The summed E-state index contributed by atoms with van der Waals surface area (Å²) in [5.74, 6) is -0.455. The number of hydrogen-bond acceptors (Lipinski definition) is 2. The van der Waals surface area contributed by atoms with Gasteiger partial charge in [0.25, 0.3) is 5.91 Å². The van der Waals surface area contributed by atoms with Gasteiger partial charge >= 0.3 is 6.18 Å².